The predicted octanol–water partition coefficient (Wildman–Crippen LogP) is 1.24. The third-order valence-corrected chi connectivity index (χ3v) is 3.79. The summed E-state index contributed by atoms with van der Waals surface area (Å²) in [5.74, 6) is -4.63. The van der Waals surface area contributed by atoms with Crippen molar-refractivity contribution >= 4 is 29.8 Å². The molecule has 0 amide bonds. The Morgan fingerprint density at radius 3 is 1.24 bits per heavy atom. The molecule has 1 aromatic carbocycles. The number of carbonyl (C=O) groups is 5. The quantitative estimate of drug-likeness (QED) is 0.231. The predicted molar refractivity (Wildman–Crippen MR) is 113 cm³/mol. The molecule has 3 N–H and O–H groups in total. The highest BCUT2D eigenvalue weighted by Gasteiger charge is 2.35. The Hall–Kier alpha value is -4.25. The first-order valence-electron chi connectivity index (χ1n) is 9.09. The monoisotopic (exact) mass is 464 g/mol. The zero-order valence-electron chi connectivity index (χ0n) is 17.6. The van der Waals surface area contributed by atoms with Gasteiger partial charge in [0.15, 0.2) is 0 Å². The number of carboxylic acid groups (broad SMARTS) is 2. The van der Waals surface area contributed by atoms with Crippen LogP contribution in [0.1, 0.15) is 20.7 Å². The molecule has 0 bridgehead atoms. The van der Waals surface area contributed by atoms with Crippen LogP contribution in [0.4, 0.5) is 0 Å². The van der Waals surface area contributed by atoms with E-state index < -0.39 is 41.9 Å². The highest BCUT2D eigenvalue weighted by atomic mass is 16.6. The van der Waals surface area contributed by atoms with Crippen molar-refractivity contribution in [1.82, 2.24) is 0 Å². The molecule has 0 fully saturated rings. The summed E-state index contributed by atoms with van der Waals surface area (Å²) in [4.78, 5) is 54.2. The van der Waals surface area contributed by atoms with Crippen molar-refractivity contribution in [3.05, 3.63) is 73.4 Å². The lowest BCUT2D eigenvalue weighted by Crippen LogP contribution is -2.42. The molecule has 0 heterocycles. The molecule has 0 aliphatic rings. The minimum atomic E-state index is -1.28. The number of aromatic carboxylic acids is 2. The molecule has 1 aromatic rings. The highest BCUT2D eigenvalue weighted by molar-refractivity contribution is 6.01. The Balaban J connectivity index is 0.000000716. The molecular formula is C22H24O11. The van der Waals surface area contributed by atoms with Crippen molar-refractivity contribution in [2.75, 3.05) is 26.4 Å². The summed E-state index contributed by atoms with van der Waals surface area (Å²) in [5.41, 5.74) is -1.66. The van der Waals surface area contributed by atoms with E-state index in [2.05, 4.69) is 19.7 Å². The van der Waals surface area contributed by atoms with Crippen LogP contribution in [0.2, 0.25) is 0 Å². The van der Waals surface area contributed by atoms with Gasteiger partial charge in [0.25, 0.3) is 0 Å². The van der Waals surface area contributed by atoms with Crippen LogP contribution in [0, 0.1) is 5.41 Å². The Bertz CT molecular complexity index is 809. The number of aliphatic hydroxyl groups excluding tert-OH is 1. The molecule has 0 radical (unpaired) electrons. The van der Waals surface area contributed by atoms with Gasteiger partial charge < -0.3 is 29.5 Å². The van der Waals surface area contributed by atoms with Crippen molar-refractivity contribution in [3.8, 4) is 0 Å². The third-order valence-electron chi connectivity index (χ3n) is 3.79. The number of aliphatic hydroxyl groups is 1. The van der Waals surface area contributed by atoms with Gasteiger partial charge in [-0.25, -0.2) is 24.0 Å². The second-order valence-corrected chi connectivity index (χ2v) is 6.25. The smallest absolute Gasteiger partial charge is 0.336 e. The second-order valence-electron chi connectivity index (χ2n) is 6.25. The van der Waals surface area contributed by atoms with E-state index in [4.69, 9.17) is 24.4 Å². The van der Waals surface area contributed by atoms with Gasteiger partial charge in [0.05, 0.1) is 23.1 Å². The molecule has 33 heavy (non-hydrogen) atoms. The molecule has 0 unspecified atom stereocenters. The fourth-order valence-corrected chi connectivity index (χ4v) is 1.97. The van der Waals surface area contributed by atoms with Crippen LogP contribution in [-0.2, 0) is 28.6 Å². The van der Waals surface area contributed by atoms with E-state index in [9.17, 15) is 29.1 Å². The van der Waals surface area contributed by atoms with E-state index in [-0.39, 0.29) is 30.9 Å². The zero-order chi connectivity index (χ0) is 25.4. The number of benzene rings is 1. The number of hydrogen-bond donors (Lipinski definition) is 3. The van der Waals surface area contributed by atoms with Crippen molar-refractivity contribution in [2.45, 2.75) is 0 Å². The summed E-state index contributed by atoms with van der Waals surface area (Å²) in [5, 5.41) is 26.6. The lowest BCUT2D eigenvalue weighted by atomic mass is 9.92. The molecule has 178 valence electrons. The van der Waals surface area contributed by atoms with Gasteiger partial charge in [-0.15, -0.1) is 0 Å². The number of carbonyl (C=O) groups excluding carboxylic acids is 3. The van der Waals surface area contributed by atoms with E-state index in [1.165, 1.54) is 24.3 Å². The molecule has 0 atom stereocenters. The lowest BCUT2D eigenvalue weighted by molar-refractivity contribution is -0.159. The summed E-state index contributed by atoms with van der Waals surface area (Å²) >= 11 is 0. The average Bonchev–Trinajstić information content (AvgIpc) is 2.83. The number of rotatable bonds is 12. The van der Waals surface area contributed by atoms with Crippen LogP contribution in [0.15, 0.2) is 62.2 Å². The van der Waals surface area contributed by atoms with E-state index in [1.807, 2.05) is 0 Å². The minimum Gasteiger partial charge on any atom is -0.478 e. The Morgan fingerprint density at radius 2 is 1.03 bits per heavy atom. The summed E-state index contributed by atoms with van der Waals surface area (Å²) in [6, 6.07) is 5.48. The molecule has 0 aliphatic heterocycles. The highest BCUT2D eigenvalue weighted by Crippen LogP contribution is 2.19. The second kappa shape index (κ2) is 14.7. The first kappa shape index (κ1) is 28.8. The lowest BCUT2D eigenvalue weighted by Gasteiger charge is -2.29. The molecule has 0 aliphatic carbocycles. The van der Waals surface area contributed by atoms with E-state index >= 15 is 0 Å². The number of ether oxygens (including phenoxy) is 3. The fourth-order valence-electron chi connectivity index (χ4n) is 1.97. The van der Waals surface area contributed by atoms with E-state index in [1.54, 1.807) is 0 Å². The fraction of sp³-hybridized carbons (Fsp3) is 0.227. The molecule has 1 rings (SSSR count). The average molecular weight is 464 g/mol. The van der Waals surface area contributed by atoms with Crippen LogP contribution in [0.25, 0.3) is 0 Å². The van der Waals surface area contributed by atoms with Gasteiger partial charge in [0.2, 0.25) is 0 Å². The van der Waals surface area contributed by atoms with Crippen molar-refractivity contribution in [2.24, 2.45) is 5.41 Å². The standard InChI is InChI=1S/C14H18O7.C8H6O4/c1-4-11(16)19-8-14(7-15,9-20-12(17)5-2)10-21-13(18)6-3;9-7(10)5-3-1-2-4-6(5)8(11)12/h4-6,15H,1-3,7-10H2;1-4H,(H,9,10)(H,11,12). The number of esters is 3. The van der Waals surface area contributed by atoms with Gasteiger partial charge in [-0.2, -0.15) is 0 Å². The Labute approximate surface area is 189 Å². The van der Waals surface area contributed by atoms with Crippen LogP contribution < -0.4 is 0 Å². The molecule has 0 aromatic heterocycles. The number of carboxylic acids is 2. The van der Waals surface area contributed by atoms with Crippen LogP contribution in [0.3, 0.4) is 0 Å². The van der Waals surface area contributed by atoms with E-state index in [0.29, 0.717) is 0 Å². The maximum atomic E-state index is 11.1. The van der Waals surface area contributed by atoms with Crippen LogP contribution >= 0.6 is 0 Å². The summed E-state index contributed by atoms with van der Waals surface area (Å²) in [6.07, 6.45) is 2.81. The summed E-state index contributed by atoms with van der Waals surface area (Å²) in [7, 11) is 0. The van der Waals surface area contributed by atoms with Crippen molar-refractivity contribution < 1.29 is 53.5 Å². The topological polar surface area (TPSA) is 174 Å². The maximum Gasteiger partial charge on any atom is 0.336 e. The van der Waals surface area contributed by atoms with Gasteiger partial charge in [-0.1, -0.05) is 31.9 Å². The van der Waals surface area contributed by atoms with E-state index in [0.717, 1.165) is 18.2 Å². The Kier molecular flexibility index (Phi) is 12.8. The largest absolute Gasteiger partial charge is 0.478 e. The van der Waals surface area contributed by atoms with Crippen LogP contribution in [0.5, 0.6) is 0 Å². The van der Waals surface area contributed by atoms with Gasteiger partial charge in [0.1, 0.15) is 19.8 Å². The van der Waals surface area contributed by atoms with Gasteiger partial charge >= 0.3 is 29.8 Å². The Morgan fingerprint density at radius 1 is 0.727 bits per heavy atom. The SMILES string of the molecule is C=CC(=O)OCC(CO)(COC(=O)C=C)COC(=O)C=C.O=C(O)c1ccccc1C(=O)O. The molecule has 0 saturated carbocycles. The molecular weight excluding hydrogens is 440 g/mol. The number of hydrogen-bond acceptors (Lipinski definition) is 9. The van der Waals surface area contributed by atoms with Gasteiger partial charge in [-0.3, -0.25) is 0 Å². The summed E-state index contributed by atoms with van der Waals surface area (Å²) < 4.78 is 14.5. The molecule has 11 heteroatoms. The summed E-state index contributed by atoms with van der Waals surface area (Å²) in [6.45, 7) is 8.14. The van der Waals surface area contributed by atoms with Crippen LogP contribution in [-0.4, -0.2) is 71.6 Å². The normalized spacial score (nSPS) is 9.85. The van der Waals surface area contributed by atoms with Crippen molar-refractivity contribution in [1.29, 1.82) is 0 Å². The minimum absolute atomic E-state index is 0.190. The molecule has 11 nitrogen and oxygen atoms in total. The van der Waals surface area contributed by atoms with Crippen molar-refractivity contribution in [3.63, 3.8) is 0 Å². The van der Waals surface area contributed by atoms with Gasteiger partial charge in [0, 0.05) is 18.2 Å². The third kappa shape index (κ3) is 10.6. The zero-order valence-corrected chi connectivity index (χ0v) is 17.6. The first-order chi connectivity index (χ1) is 15.6. The van der Waals surface area contributed by atoms with Gasteiger partial charge in [-0.05, 0) is 12.1 Å². The first-order valence-corrected chi connectivity index (χ1v) is 9.09. The maximum absolute atomic E-state index is 11.1. The molecule has 0 spiro atoms. The molecule has 0 saturated heterocycles.